The van der Waals surface area contributed by atoms with E-state index in [1.807, 2.05) is 0 Å². The maximum absolute atomic E-state index is 11.5. The molecular weight excluding hydrogens is 222 g/mol. The summed E-state index contributed by atoms with van der Waals surface area (Å²) in [6, 6.07) is -0.921. The summed E-state index contributed by atoms with van der Waals surface area (Å²) in [6.45, 7) is 0.131. The normalized spacial score (nSPS) is 23.2. The maximum atomic E-state index is 11.5. The standard InChI is InChI=1S/C9H14ClNO4/c10-4-6-3-8(13)11(5-6)7(1-2-12)9(14)15/h6-7,12H,1-5H2,(H,14,15). The molecule has 1 saturated heterocycles. The first-order valence-electron chi connectivity index (χ1n) is 4.79. The third-order valence-electron chi connectivity index (χ3n) is 2.52. The van der Waals surface area contributed by atoms with E-state index in [1.54, 1.807) is 0 Å². The molecule has 15 heavy (non-hydrogen) atoms. The van der Waals surface area contributed by atoms with Crippen LogP contribution in [0.1, 0.15) is 12.8 Å². The summed E-state index contributed by atoms with van der Waals surface area (Å²) in [5, 5.41) is 17.6. The average molecular weight is 236 g/mol. The van der Waals surface area contributed by atoms with Gasteiger partial charge >= 0.3 is 5.97 Å². The predicted molar refractivity (Wildman–Crippen MR) is 53.7 cm³/mol. The number of nitrogens with zero attached hydrogens (tertiary/aromatic N) is 1. The van der Waals surface area contributed by atoms with E-state index in [0.29, 0.717) is 18.8 Å². The zero-order valence-corrected chi connectivity index (χ0v) is 8.98. The Bertz CT molecular complexity index is 258. The van der Waals surface area contributed by atoms with Crippen LogP contribution in [-0.2, 0) is 9.59 Å². The number of amides is 1. The van der Waals surface area contributed by atoms with Crippen molar-refractivity contribution in [3.8, 4) is 0 Å². The third-order valence-corrected chi connectivity index (χ3v) is 2.96. The Morgan fingerprint density at radius 1 is 1.67 bits per heavy atom. The number of carbonyl (C=O) groups excluding carboxylic acids is 1. The number of hydrogen-bond acceptors (Lipinski definition) is 3. The topological polar surface area (TPSA) is 77.8 Å². The second-order valence-corrected chi connectivity index (χ2v) is 3.95. The minimum Gasteiger partial charge on any atom is -0.480 e. The molecule has 0 bridgehead atoms. The molecule has 1 aliphatic heterocycles. The van der Waals surface area contributed by atoms with E-state index in [0.717, 1.165) is 0 Å². The number of hydrogen-bond donors (Lipinski definition) is 2. The summed E-state index contributed by atoms with van der Waals surface area (Å²) in [5.41, 5.74) is 0. The Morgan fingerprint density at radius 2 is 2.33 bits per heavy atom. The molecule has 2 atom stereocenters. The number of likely N-dealkylation sites (tertiary alicyclic amines) is 1. The molecule has 0 aromatic rings. The van der Waals surface area contributed by atoms with Gasteiger partial charge in [-0.05, 0) is 5.92 Å². The third kappa shape index (κ3) is 2.82. The van der Waals surface area contributed by atoms with Gasteiger partial charge < -0.3 is 15.1 Å². The van der Waals surface area contributed by atoms with Crippen molar-refractivity contribution >= 4 is 23.5 Å². The molecule has 1 amide bonds. The lowest BCUT2D eigenvalue weighted by atomic mass is 10.1. The summed E-state index contributed by atoms with van der Waals surface area (Å²) in [4.78, 5) is 23.7. The number of rotatable bonds is 5. The van der Waals surface area contributed by atoms with Crippen LogP contribution in [-0.4, -0.2) is 52.1 Å². The second kappa shape index (κ2) is 5.32. The molecule has 0 radical (unpaired) electrons. The van der Waals surface area contributed by atoms with Gasteiger partial charge in [0.1, 0.15) is 6.04 Å². The first-order valence-corrected chi connectivity index (χ1v) is 5.32. The fourth-order valence-corrected chi connectivity index (χ4v) is 1.95. The van der Waals surface area contributed by atoms with Crippen molar-refractivity contribution in [2.75, 3.05) is 19.0 Å². The van der Waals surface area contributed by atoms with Gasteiger partial charge in [-0.15, -0.1) is 11.6 Å². The van der Waals surface area contributed by atoms with Crippen LogP contribution in [0.3, 0.4) is 0 Å². The highest BCUT2D eigenvalue weighted by Gasteiger charge is 2.36. The van der Waals surface area contributed by atoms with E-state index in [2.05, 4.69) is 0 Å². The lowest BCUT2D eigenvalue weighted by molar-refractivity contribution is -0.148. The van der Waals surface area contributed by atoms with E-state index >= 15 is 0 Å². The summed E-state index contributed by atoms with van der Waals surface area (Å²) in [5.74, 6) is -0.887. The van der Waals surface area contributed by atoms with Crippen molar-refractivity contribution in [1.82, 2.24) is 4.90 Å². The van der Waals surface area contributed by atoms with E-state index in [9.17, 15) is 9.59 Å². The lowest BCUT2D eigenvalue weighted by Gasteiger charge is -2.23. The van der Waals surface area contributed by atoms with Gasteiger partial charge in [-0.25, -0.2) is 4.79 Å². The van der Waals surface area contributed by atoms with Gasteiger partial charge in [0.25, 0.3) is 0 Å². The van der Waals surface area contributed by atoms with Crippen LogP contribution in [0, 0.1) is 5.92 Å². The highest BCUT2D eigenvalue weighted by molar-refractivity contribution is 6.18. The largest absolute Gasteiger partial charge is 0.480 e. The molecule has 0 aliphatic carbocycles. The number of aliphatic hydroxyl groups is 1. The maximum Gasteiger partial charge on any atom is 0.326 e. The van der Waals surface area contributed by atoms with Crippen molar-refractivity contribution in [3.63, 3.8) is 0 Å². The van der Waals surface area contributed by atoms with Gasteiger partial charge in [0.2, 0.25) is 5.91 Å². The van der Waals surface area contributed by atoms with E-state index in [-0.39, 0.29) is 24.9 Å². The number of alkyl halides is 1. The fourth-order valence-electron chi connectivity index (χ4n) is 1.75. The van der Waals surface area contributed by atoms with Crippen LogP contribution in [0.15, 0.2) is 0 Å². The number of carbonyl (C=O) groups is 2. The molecule has 0 spiro atoms. The molecule has 6 heteroatoms. The fraction of sp³-hybridized carbons (Fsp3) is 0.778. The molecule has 0 aromatic carbocycles. The first-order chi connectivity index (χ1) is 7.10. The molecule has 2 N–H and O–H groups in total. The van der Waals surface area contributed by atoms with Gasteiger partial charge in [0.05, 0.1) is 0 Å². The SMILES string of the molecule is O=C(O)C(CCO)N1CC(CCl)CC1=O. The summed E-state index contributed by atoms with van der Waals surface area (Å²) < 4.78 is 0. The number of halogens is 1. The molecule has 1 aliphatic rings. The number of carboxylic acid groups (broad SMARTS) is 1. The first kappa shape index (κ1) is 12.3. The smallest absolute Gasteiger partial charge is 0.326 e. The van der Waals surface area contributed by atoms with Crippen molar-refractivity contribution in [2.45, 2.75) is 18.9 Å². The second-order valence-electron chi connectivity index (χ2n) is 3.64. The van der Waals surface area contributed by atoms with Crippen LogP contribution >= 0.6 is 11.6 Å². The van der Waals surface area contributed by atoms with Crippen LogP contribution in [0.2, 0.25) is 0 Å². The zero-order valence-electron chi connectivity index (χ0n) is 8.23. The Kier molecular flexibility index (Phi) is 4.35. The Balaban J connectivity index is 2.68. The van der Waals surface area contributed by atoms with Crippen molar-refractivity contribution in [2.24, 2.45) is 5.92 Å². The zero-order chi connectivity index (χ0) is 11.4. The average Bonchev–Trinajstić information content (AvgIpc) is 2.55. The molecule has 1 fully saturated rings. The molecule has 2 unspecified atom stereocenters. The van der Waals surface area contributed by atoms with Crippen molar-refractivity contribution < 1.29 is 19.8 Å². The molecule has 5 nitrogen and oxygen atoms in total. The Morgan fingerprint density at radius 3 is 2.73 bits per heavy atom. The van der Waals surface area contributed by atoms with Crippen LogP contribution in [0.4, 0.5) is 0 Å². The van der Waals surface area contributed by atoms with Gasteiger partial charge in [0.15, 0.2) is 0 Å². The Labute approximate surface area is 92.6 Å². The number of aliphatic carboxylic acids is 1. The lowest BCUT2D eigenvalue weighted by Crippen LogP contribution is -2.42. The highest BCUT2D eigenvalue weighted by Crippen LogP contribution is 2.22. The molecule has 1 rings (SSSR count). The van der Waals surface area contributed by atoms with Gasteiger partial charge in [0, 0.05) is 31.9 Å². The van der Waals surface area contributed by atoms with Crippen LogP contribution in [0.25, 0.3) is 0 Å². The van der Waals surface area contributed by atoms with E-state index in [1.165, 1.54) is 4.90 Å². The molecule has 1 heterocycles. The number of aliphatic hydroxyl groups excluding tert-OH is 1. The van der Waals surface area contributed by atoms with Gasteiger partial charge in [-0.3, -0.25) is 4.79 Å². The quantitative estimate of drug-likeness (QED) is 0.653. The summed E-state index contributed by atoms with van der Waals surface area (Å²) >= 11 is 5.62. The summed E-state index contributed by atoms with van der Waals surface area (Å²) in [7, 11) is 0. The predicted octanol–water partition coefficient (Wildman–Crippen LogP) is -0.0907. The van der Waals surface area contributed by atoms with E-state index < -0.39 is 12.0 Å². The van der Waals surface area contributed by atoms with E-state index in [4.69, 9.17) is 21.8 Å². The molecule has 0 aromatic heterocycles. The molecular formula is C9H14ClNO4. The highest BCUT2D eigenvalue weighted by atomic mass is 35.5. The monoisotopic (exact) mass is 235 g/mol. The molecule has 0 saturated carbocycles. The van der Waals surface area contributed by atoms with Gasteiger partial charge in [-0.2, -0.15) is 0 Å². The molecule has 86 valence electrons. The van der Waals surface area contributed by atoms with Crippen molar-refractivity contribution in [1.29, 1.82) is 0 Å². The van der Waals surface area contributed by atoms with Crippen LogP contribution < -0.4 is 0 Å². The minimum absolute atomic E-state index is 0.0275. The minimum atomic E-state index is -1.08. The van der Waals surface area contributed by atoms with Crippen molar-refractivity contribution in [3.05, 3.63) is 0 Å². The van der Waals surface area contributed by atoms with Crippen LogP contribution in [0.5, 0.6) is 0 Å². The Hall–Kier alpha value is -0.810. The van der Waals surface area contributed by atoms with Gasteiger partial charge in [-0.1, -0.05) is 0 Å². The summed E-state index contributed by atoms with van der Waals surface area (Å²) in [6.07, 6.45) is 0.370. The number of carboxylic acids is 1.